The first-order chi connectivity index (χ1) is 9.04. The van der Waals surface area contributed by atoms with E-state index < -0.39 is 43.2 Å². The molecule has 12 heteroatoms. The predicted molar refractivity (Wildman–Crippen MR) is 48.0 cm³/mol. The van der Waals surface area contributed by atoms with Gasteiger partial charge in [-0.2, -0.15) is 22.0 Å². The molecule has 2 unspecified atom stereocenters. The Labute approximate surface area is 112 Å². The second-order valence-electron chi connectivity index (χ2n) is 4.15. The standard InChI is InChI=1S/C9H10F10O2/c1-5(12,13)6(2,14)20-9(19,7(15,16)3-10)21-8(17,18)4-11/h3-4H2,1-2H3. The minimum absolute atomic E-state index is 0.256. The van der Waals surface area contributed by atoms with Crippen molar-refractivity contribution in [2.24, 2.45) is 0 Å². The van der Waals surface area contributed by atoms with E-state index in [-0.39, 0.29) is 13.8 Å². The van der Waals surface area contributed by atoms with Crippen LogP contribution in [0.1, 0.15) is 13.8 Å². The highest BCUT2D eigenvalue weighted by Gasteiger charge is 2.68. The molecule has 0 saturated heterocycles. The lowest BCUT2D eigenvalue weighted by Gasteiger charge is -2.38. The van der Waals surface area contributed by atoms with Crippen molar-refractivity contribution in [3.8, 4) is 0 Å². The first-order valence-corrected chi connectivity index (χ1v) is 5.07. The molecule has 21 heavy (non-hydrogen) atoms. The van der Waals surface area contributed by atoms with Gasteiger partial charge in [0.1, 0.15) is 0 Å². The molecule has 0 spiro atoms. The van der Waals surface area contributed by atoms with E-state index in [1.54, 1.807) is 0 Å². The first kappa shape index (κ1) is 20.2. The zero-order valence-corrected chi connectivity index (χ0v) is 10.5. The summed E-state index contributed by atoms with van der Waals surface area (Å²) in [6.07, 6.45) is -5.30. The van der Waals surface area contributed by atoms with E-state index in [1.165, 1.54) is 0 Å². The third-order valence-electron chi connectivity index (χ3n) is 2.15. The molecule has 128 valence electrons. The Morgan fingerprint density at radius 3 is 1.43 bits per heavy atom. The summed E-state index contributed by atoms with van der Waals surface area (Å²) in [4.78, 5) is 0. The van der Waals surface area contributed by atoms with Gasteiger partial charge in [0.05, 0.1) is 0 Å². The Balaban J connectivity index is 5.66. The van der Waals surface area contributed by atoms with Gasteiger partial charge in [-0.3, -0.25) is 9.47 Å². The van der Waals surface area contributed by atoms with Crippen molar-refractivity contribution in [1.82, 2.24) is 0 Å². The lowest BCUT2D eigenvalue weighted by molar-refractivity contribution is -0.510. The topological polar surface area (TPSA) is 18.5 Å². The molecule has 0 heterocycles. The molecule has 0 fully saturated rings. The fourth-order valence-electron chi connectivity index (χ4n) is 0.805. The first-order valence-electron chi connectivity index (χ1n) is 5.07. The zero-order chi connectivity index (χ0) is 17.3. The van der Waals surface area contributed by atoms with E-state index in [9.17, 15) is 43.9 Å². The minimum atomic E-state index is -5.68. The maximum absolute atomic E-state index is 13.6. The van der Waals surface area contributed by atoms with Crippen LogP contribution in [0.25, 0.3) is 0 Å². The van der Waals surface area contributed by atoms with Gasteiger partial charge in [0.2, 0.25) is 0 Å². The molecule has 2 atom stereocenters. The molecule has 0 rings (SSSR count). The van der Waals surface area contributed by atoms with Crippen LogP contribution in [-0.2, 0) is 9.47 Å². The second kappa shape index (κ2) is 5.78. The number of ether oxygens (including phenoxy) is 2. The Kier molecular flexibility index (Phi) is 5.57. The summed E-state index contributed by atoms with van der Waals surface area (Å²) >= 11 is 0. The minimum Gasteiger partial charge on any atom is -0.276 e. The van der Waals surface area contributed by atoms with E-state index in [2.05, 4.69) is 9.47 Å². The Bertz CT molecular complexity index is 353. The van der Waals surface area contributed by atoms with Gasteiger partial charge in [0, 0.05) is 13.8 Å². The van der Waals surface area contributed by atoms with Crippen molar-refractivity contribution in [3.63, 3.8) is 0 Å². The fraction of sp³-hybridized carbons (Fsp3) is 1.00. The normalized spacial score (nSPS) is 20.0. The number of alkyl halides is 10. The van der Waals surface area contributed by atoms with E-state index in [0.29, 0.717) is 0 Å². The average molecular weight is 340 g/mol. The monoisotopic (exact) mass is 340 g/mol. The fourth-order valence-corrected chi connectivity index (χ4v) is 0.805. The molecule has 0 aliphatic carbocycles. The SMILES string of the molecule is CC(F)(F)C(C)(F)OC(F)(OC(F)(F)CF)C(F)(F)CF. The van der Waals surface area contributed by atoms with Crippen LogP contribution in [0, 0.1) is 0 Å². The Morgan fingerprint density at radius 2 is 1.14 bits per heavy atom. The van der Waals surface area contributed by atoms with Gasteiger partial charge in [-0.15, -0.1) is 0 Å². The van der Waals surface area contributed by atoms with Crippen molar-refractivity contribution in [1.29, 1.82) is 0 Å². The van der Waals surface area contributed by atoms with Crippen LogP contribution in [-0.4, -0.2) is 43.2 Å². The molecular formula is C9H10F10O2. The van der Waals surface area contributed by atoms with Gasteiger partial charge in [-0.25, -0.2) is 22.0 Å². The van der Waals surface area contributed by atoms with Crippen LogP contribution in [0.2, 0.25) is 0 Å². The van der Waals surface area contributed by atoms with Crippen molar-refractivity contribution >= 4 is 0 Å². The molecule has 0 aromatic heterocycles. The second-order valence-corrected chi connectivity index (χ2v) is 4.15. The zero-order valence-electron chi connectivity index (χ0n) is 10.5. The number of rotatable bonds is 8. The van der Waals surface area contributed by atoms with Crippen LogP contribution in [0.3, 0.4) is 0 Å². The summed E-state index contributed by atoms with van der Waals surface area (Å²) in [6, 6.07) is -5.68. The Morgan fingerprint density at radius 1 is 0.714 bits per heavy atom. The van der Waals surface area contributed by atoms with Gasteiger partial charge >= 0.3 is 24.0 Å². The molecule has 2 nitrogen and oxygen atoms in total. The van der Waals surface area contributed by atoms with Gasteiger partial charge < -0.3 is 0 Å². The summed E-state index contributed by atoms with van der Waals surface area (Å²) in [5, 5.41) is 0. The highest BCUT2D eigenvalue weighted by Crippen LogP contribution is 2.46. The summed E-state index contributed by atoms with van der Waals surface area (Å²) in [6.45, 7) is -6.49. The number of hydrogen-bond donors (Lipinski definition) is 0. The smallest absolute Gasteiger partial charge is 0.276 e. The summed E-state index contributed by atoms with van der Waals surface area (Å²) in [5.41, 5.74) is 0. The maximum Gasteiger partial charge on any atom is 0.396 e. The van der Waals surface area contributed by atoms with E-state index in [0.717, 1.165) is 0 Å². The third kappa shape index (κ3) is 4.59. The van der Waals surface area contributed by atoms with Gasteiger partial charge in [0.15, 0.2) is 13.3 Å². The van der Waals surface area contributed by atoms with Crippen molar-refractivity contribution in [3.05, 3.63) is 0 Å². The van der Waals surface area contributed by atoms with Gasteiger partial charge in [-0.1, -0.05) is 0 Å². The molecule has 0 aromatic carbocycles. The number of halogens is 10. The summed E-state index contributed by atoms with van der Waals surface area (Å²) in [7, 11) is 0. The molecule has 0 aliphatic heterocycles. The molecule has 0 radical (unpaired) electrons. The quantitative estimate of drug-likeness (QED) is 0.488. The van der Waals surface area contributed by atoms with Crippen molar-refractivity contribution in [2.75, 3.05) is 13.3 Å². The van der Waals surface area contributed by atoms with Crippen LogP contribution < -0.4 is 0 Å². The van der Waals surface area contributed by atoms with Crippen LogP contribution >= 0.6 is 0 Å². The van der Waals surface area contributed by atoms with Crippen molar-refractivity contribution in [2.45, 2.75) is 43.7 Å². The molecule has 0 saturated carbocycles. The molecule has 0 bridgehead atoms. The van der Waals surface area contributed by atoms with Gasteiger partial charge in [-0.05, 0) is 0 Å². The lowest BCUT2D eigenvalue weighted by atomic mass is 10.2. The van der Waals surface area contributed by atoms with Crippen LogP contribution in [0.5, 0.6) is 0 Å². The highest BCUT2D eigenvalue weighted by molar-refractivity contribution is 4.85. The van der Waals surface area contributed by atoms with Crippen LogP contribution in [0.15, 0.2) is 0 Å². The van der Waals surface area contributed by atoms with Gasteiger partial charge in [0.25, 0.3) is 5.85 Å². The molecule has 0 aliphatic rings. The van der Waals surface area contributed by atoms with E-state index in [4.69, 9.17) is 0 Å². The molecule has 0 amide bonds. The van der Waals surface area contributed by atoms with E-state index in [1.807, 2.05) is 0 Å². The van der Waals surface area contributed by atoms with Crippen molar-refractivity contribution < 1.29 is 53.4 Å². The average Bonchev–Trinajstić information content (AvgIpc) is 2.25. The summed E-state index contributed by atoms with van der Waals surface area (Å²) in [5.74, 6) is -14.9. The third-order valence-corrected chi connectivity index (χ3v) is 2.15. The highest BCUT2D eigenvalue weighted by atomic mass is 19.3. The van der Waals surface area contributed by atoms with Crippen LogP contribution in [0.4, 0.5) is 43.9 Å². The molecule has 0 N–H and O–H groups in total. The number of hydrogen-bond acceptors (Lipinski definition) is 2. The lowest BCUT2D eigenvalue weighted by Crippen LogP contribution is -2.59. The predicted octanol–water partition coefficient (Wildman–Crippen LogP) is 4.15. The summed E-state index contributed by atoms with van der Waals surface area (Å²) < 4.78 is 133. The largest absolute Gasteiger partial charge is 0.396 e. The maximum atomic E-state index is 13.6. The molecular weight excluding hydrogens is 330 g/mol. The molecule has 0 aromatic rings. The Hall–Kier alpha value is -0.780. The van der Waals surface area contributed by atoms with E-state index >= 15 is 0 Å².